The number of carboxylic acid groups (broad SMARTS) is 2. The maximum atomic E-state index is 10.7. The van der Waals surface area contributed by atoms with Gasteiger partial charge in [0, 0.05) is 6.08 Å². The van der Waals surface area contributed by atoms with Gasteiger partial charge in [-0.2, -0.15) is 0 Å². The van der Waals surface area contributed by atoms with Crippen molar-refractivity contribution in [2.45, 2.75) is 12.8 Å². The van der Waals surface area contributed by atoms with Crippen molar-refractivity contribution >= 4 is 17.9 Å². The van der Waals surface area contributed by atoms with E-state index in [2.05, 4.69) is 4.74 Å². The Hall–Kier alpha value is -1.85. The van der Waals surface area contributed by atoms with Crippen LogP contribution in [0.25, 0.3) is 0 Å². The number of esters is 1. The normalized spacial score (nSPS) is 8.93. The Labute approximate surface area is 79.8 Å². The summed E-state index contributed by atoms with van der Waals surface area (Å²) < 4.78 is 4.24. The van der Waals surface area contributed by atoms with Gasteiger partial charge in [-0.15, -0.1) is 0 Å². The molecule has 0 fully saturated rings. The fourth-order valence-corrected chi connectivity index (χ4v) is 0.779. The molecule has 0 unspecified atom stereocenters. The van der Waals surface area contributed by atoms with Crippen molar-refractivity contribution in [1.29, 1.82) is 0 Å². The molecule has 78 valence electrons. The van der Waals surface area contributed by atoms with Crippen LogP contribution in [0.15, 0.2) is 11.6 Å². The summed E-state index contributed by atoms with van der Waals surface area (Å²) in [4.78, 5) is 31.3. The van der Waals surface area contributed by atoms with Crippen molar-refractivity contribution in [1.82, 2.24) is 0 Å². The fourth-order valence-electron chi connectivity index (χ4n) is 0.779. The van der Waals surface area contributed by atoms with Gasteiger partial charge in [0.1, 0.15) is 0 Å². The minimum absolute atomic E-state index is 0.00292. The smallest absolute Gasteiger partial charge is 0.330 e. The van der Waals surface area contributed by atoms with Gasteiger partial charge >= 0.3 is 17.9 Å². The van der Waals surface area contributed by atoms with E-state index in [0.29, 0.717) is 0 Å². The first-order valence-corrected chi connectivity index (χ1v) is 3.66. The SMILES string of the molecule is COC(=O)C=C(CC(=O)O)CC(=O)O. The Balaban J connectivity index is 4.53. The zero-order valence-corrected chi connectivity index (χ0v) is 7.52. The number of hydrogen-bond donors (Lipinski definition) is 2. The molecule has 0 aromatic heterocycles. The van der Waals surface area contributed by atoms with Crippen molar-refractivity contribution < 1.29 is 29.3 Å². The quantitative estimate of drug-likeness (QED) is 0.482. The van der Waals surface area contributed by atoms with Gasteiger partial charge in [-0.25, -0.2) is 4.79 Å². The molecule has 0 amide bonds. The molecular formula is C8H10O6. The van der Waals surface area contributed by atoms with E-state index in [0.717, 1.165) is 13.2 Å². The van der Waals surface area contributed by atoms with Gasteiger partial charge in [-0.3, -0.25) is 9.59 Å². The van der Waals surface area contributed by atoms with Crippen molar-refractivity contribution in [2.24, 2.45) is 0 Å². The van der Waals surface area contributed by atoms with Crippen LogP contribution in [0.5, 0.6) is 0 Å². The summed E-state index contributed by atoms with van der Waals surface area (Å²) in [5.74, 6) is -3.15. The zero-order valence-electron chi connectivity index (χ0n) is 7.52. The minimum Gasteiger partial charge on any atom is -0.481 e. The Bertz CT molecular complexity index is 260. The third-order valence-corrected chi connectivity index (χ3v) is 1.28. The van der Waals surface area contributed by atoms with E-state index < -0.39 is 30.7 Å². The maximum Gasteiger partial charge on any atom is 0.330 e. The molecule has 0 aliphatic rings. The molecule has 0 bridgehead atoms. The molecule has 0 aromatic carbocycles. The standard InChI is InChI=1S/C8H10O6/c1-14-8(13)4-5(2-6(9)10)3-7(11)12/h4H,2-3H2,1H3,(H,9,10)(H,11,12). The molecule has 0 spiro atoms. The van der Waals surface area contributed by atoms with Crippen molar-refractivity contribution in [3.63, 3.8) is 0 Å². The molecule has 0 aromatic rings. The lowest BCUT2D eigenvalue weighted by molar-refractivity contribution is -0.136. The first-order valence-electron chi connectivity index (χ1n) is 3.66. The molecule has 0 rings (SSSR count). The molecule has 0 atom stereocenters. The monoisotopic (exact) mass is 202 g/mol. The van der Waals surface area contributed by atoms with E-state index >= 15 is 0 Å². The summed E-state index contributed by atoms with van der Waals surface area (Å²) >= 11 is 0. The van der Waals surface area contributed by atoms with E-state index in [-0.39, 0.29) is 5.57 Å². The summed E-state index contributed by atoms with van der Waals surface area (Å²) in [5.41, 5.74) is -0.00292. The summed E-state index contributed by atoms with van der Waals surface area (Å²) in [5, 5.41) is 16.8. The second kappa shape index (κ2) is 5.74. The van der Waals surface area contributed by atoms with E-state index in [9.17, 15) is 14.4 Å². The van der Waals surface area contributed by atoms with E-state index in [1.807, 2.05) is 0 Å². The topological polar surface area (TPSA) is 101 Å². The average molecular weight is 202 g/mol. The lowest BCUT2D eigenvalue weighted by Gasteiger charge is -2.00. The van der Waals surface area contributed by atoms with Gasteiger partial charge in [-0.05, 0) is 5.57 Å². The third kappa shape index (κ3) is 5.76. The van der Waals surface area contributed by atoms with E-state index in [1.165, 1.54) is 0 Å². The summed E-state index contributed by atoms with van der Waals surface area (Å²) in [6, 6.07) is 0. The first kappa shape index (κ1) is 12.2. The molecule has 6 nitrogen and oxygen atoms in total. The fraction of sp³-hybridized carbons (Fsp3) is 0.375. The molecular weight excluding hydrogens is 192 g/mol. The molecule has 0 aliphatic heterocycles. The number of carbonyl (C=O) groups excluding carboxylic acids is 1. The number of ether oxygens (including phenoxy) is 1. The lowest BCUT2D eigenvalue weighted by Crippen LogP contribution is -2.06. The minimum atomic E-state index is -1.19. The lowest BCUT2D eigenvalue weighted by atomic mass is 10.1. The largest absolute Gasteiger partial charge is 0.481 e. The van der Waals surface area contributed by atoms with Crippen LogP contribution in [-0.4, -0.2) is 35.2 Å². The number of carbonyl (C=O) groups is 3. The first-order chi connectivity index (χ1) is 6.45. The number of methoxy groups -OCH3 is 1. The third-order valence-electron chi connectivity index (χ3n) is 1.28. The van der Waals surface area contributed by atoms with Crippen LogP contribution in [0, 0.1) is 0 Å². The average Bonchev–Trinajstić information content (AvgIpc) is 2.01. The van der Waals surface area contributed by atoms with Gasteiger partial charge < -0.3 is 14.9 Å². The molecule has 14 heavy (non-hydrogen) atoms. The van der Waals surface area contributed by atoms with Crippen LogP contribution < -0.4 is 0 Å². The highest BCUT2D eigenvalue weighted by Crippen LogP contribution is 2.07. The number of hydrogen-bond acceptors (Lipinski definition) is 4. The Morgan fingerprint density at radius 3 is 1.86 bits per heavy atom. The Morgan fingerprint density at radius 1 is 1.14 bits per heavy atom. The summed E-state index contributed by atoms with van der Waals surface area (Å²) in [6.45, 7) is 0. The van der Waals surface area contributed by atoms with Crippen LogP contribution in [-0.2, 0) is 19.1 Å². The Kier molecular flexibility index (Phi) is 4.98. The van der Waals surface area contributed by atoms with Crippen molar-refractivity contribution in [2.75, 3.05) is 7.11 Å². The highest BCUT2D eigenvalue weighted by Gasteiger charge is 2.10. The Morgan fingerprint density at radius 2 is 1.57 bits per heavy atom. The number of carboxylic acids is 2. The van der Waals surface area contributed by atoms with Gasteiger partial charge in [0.2, 0.25) is 0 Å². The maximum absolute atomic E-state index is 10.7. The second-order valence-electron chi connectivity index (χ2n) is 2.47. The van der Waals surface area contributed by atoms with Crippen LogP contribution in [0.3, 0.4) is 0 Å². The second-order valence-corrected chi connectivity index (χ2v) is 2.47. The molecule has 2 N–H and O–H groups in total. The predicted molar refractivity (Wildman–Crippen MR) is 44.6 cm³/mol. The van der Waals surface area contributed by atoms with Crippen LogP contribution in [0.4, 0.5) is 0 Å². The molecule has 6 heteroatoms. The molecule has 0 saturated heterocycles. The highest BCUT2D eigenvalue weighted by atomic mass is 16.5. The van der Waals surface area contributed by atoms with E-state index in [1.54, 1.807) is 0 Å². The van der Waals surface area contributed by atoms with Crippen LogP contribution >= 0.6 is 0 Å². The van der Waals surface area contributed by atoms with Gasteiger partial charge in [0.05, 0.1) is 20.0 Å². The van der Waals surface area contributed by atoms with Crippen LogP contribution in [0.1, 0.15) is 12.8 Å². The van der Waals surface area contributed by atoms with Gasteiger partial charge in [-0.1, -0.05) is 0 Å². The van der Waals surface area contributed by atoms with Crippen LogP contribution in [0.2, 0.25) is 0 Å². The van der Waals surface area contributed by atoms with Crippen molar-refractivity contribution in [3.8, 4) is 0 Å². The number of rotatable bonds is 5. The highest BCUT2D eigenvalue weighted by molar-refractivity contribution is 5.86. The summed E-state index contributed by atoms with van der Waals surface area (Å²) in [7, 11) is 1.12. The molecule has 0 radical (unpaired) electrons. The zero-order chi connectivity index (χ0) is 11.1. The number of aliphatic carboxylic acids is 2. The van der Waals surface area contributed by atoms with Crippen molar-refractivity contribution in [3.05, 3.63) is 11.6 Å². The molecule has 0 saturated carbocycles. The van der Waals surface area contributed by atoms with Gasteiger partial charge in [0.15, 0.2) is 0 Å². The predicted octanol–water partition coefficient (Wildman–Crippen LogP) is 0.0352. The molecule has 0 heterocycles. The van der Waals surface area contributed by atoms with E-state index in [4.69, 9.17) is 10.2 Å². The van der Waals surface area contributed by atoms with Gasteiger partial charge in [0.25, 0.3) is 0 Å². The summed E-state index contributed by atoms with van der Waals surface area (Å²) in [6.07, 6.45) is -0.0922. The molecule has 0 aliphatic carbocycles.